The quantitative estimate of drug-likeness (QED) is 0.793. The first-order valence-corrected chi connectivity index (χ1v) is 6.38. The molecule has 1 aromatic heterocycles. The van der Waals surface area contributed by atoms with Crippen LogP contribution in [0, 0.1) is 0 Å². The van der Waals surface area contributed by atoms with Crippen molar-refractivity contribution in [3.63, 3.8) is 0 Å². The Morgan fingerprint density at radius 3 is 2.65 bits per heavy atom. The molecule has 0 saturated carbocycles. The molecule has 0 unspecified atom stereocenters. The summed E-state index contributed by atoms with van der Waals surface area (Å²) in [6, 6.07) is 15.6. The first-order chi connectivity index (χ1) is 9.65. The number of carboxylic acid groups (broad SMARTS) is 1. The van der Waals surface area contributed by atoms with Crippen LogP contribution in [0.4, 0.5) is 0 Å². The van der Waals surface area contributed by atoms with Gasteiger partial charge in [0.05, 0.1) is 17.5 Å². The van der Waals surface area contributed by atoms with Crippen LogP contribution >= 0.6 is 0 Å². The summed E-state index contributed by atoms with van der Waals surface area (Å²) in [5, 5.41) is 8.85. The Labute approximate surface area is 116 Å². The van der Waals surface area contributed by atoms with E-state index in [9.17, 15) is 4.79 Å². The van der Waals surface area contributed by atoms with Gasteiger partial charge in [-0.15, -0.1) is 0 Å². The van der Waals surface area contributed by atoms with Crippen molar-refractivity contribution in [2.75, 3.05) is 0 Å². The average molecular weight is 266 g/mol. The summed E-state index contributed by atoms with van der Waals surface area (Å²) in [6.45, 7) is 0. The second kappa shape index (κ2) is 4.81. The molecule has 0 aliphatic rings. The Balaban J connectivity index is 2.12. The third-order valence-electron chi connectivity index (χ3n) is 3.33. The van der Waals surface area contributed by atoms with Crippen molar-refractivity contribution in [1.82, 2.24) is 9.55 Å². The maximum atomic E-state index is 10.8. The molecule has 0 radical (unpaired) electrons. The number of nitrogens with zero attached hydrogens (tertiary/aromatic N) is 2. The summed E-state index contributed by atoms with van der Waals surface area (Å²) in [4.78, 5) is 15.4. The van der Waals surface area contributed by atoms with Crippen LogP contribution in [0.1, 0.15) is 5.56 Å². The third kappa shape index (κ3) is 2.16. The number of carbonyl (C=O) groups is 1. The van der Waals surface area contributed by atoms with Crippen molar-refractivity contribution < 1.29 is 9.90 Å². The highest BCUT2D eigenvalue weighted by atomic mass is 16.4. The van der Waals surface area contributed by atoms with Crippen LogP contribution in [0.5, 0.6) is 0 Å². The molecule has 0 spiro atoms. The number of aliphatic carboxylic acids is 1. The molecule has 1 heterocycles. The predicted molar refractivity (Wildman–Crippen MR) is 77.5 cm³/mol. The molecule has 2 aromatic carbocycles. The Kier molecular flexibility index (Phi) is 2.99. The number of benzene rings is 2. The molecule has 3 aromatic rings. The Morgan fingerprint density at radius 1 is 1.20 bits per heavy atom. The van der Waals surface area contributed by atoms with Gasteiger partial charge in [0.2, 0.25) is 0 Å². The van der Waals surface area contributed by atoms with Crippen molar-refractivity contribution in [2.45, 2.75) is 6.42 Å². The Hall–Kier alpha value is -2.62. The summed E-state index contributed by atoms with van der Waals surface area (Å²) in [7, 11) is 1.97. The number of hydrogen-bond acceptors (Lipinski definition) is 2. The first-order valence-electron chi connectivity index (χ1n) is 6.38. The van der Waals surface area contributed by atoms with E-state index >= 15 is 0 Å². The summed E-state index contributed by atoms with van der Waals surface area (Å²) in [5.41, 5.74) is 3.64. The smallest absolute Gasteiger partial charge is 0.307 e. The van der Waals surface area contributed by atoms with Crippen molar-refractivity contribution in [2.24, 2.45) is 7.05 Å². The van der Waals surface area contributed by atoms with E-state index in [1.54, 1.807) is 0 Å². The van der Waals surface area contributed by atoms with Gasteiger partial charge in [-0.25, -0.2) is 4.98 Å². The minimum atomic E-state index is -0.830. The van der Waals surface area contributed by atoms with Gasteiger partial charge in [0.15, 0.2) is 0 Å². The van der Waals surface area contributed by atoms with Gasteiger partial charge in [-0.3, -0.25) is 4.79 Å². The van der Waals surface area contributed by atoms with E-state index in [1.807, 2.05) is 60.1 Å². The molecule has 20 heavy (non-hydrogen) atoms. The SMILES string of the molecule is Cn1c(-c2ccccc2)nc2cc(CC(=O)O)ccc21. The molecule has 0 amide bonds. The minimum Gasteiger partial charge on any atom is -0.481 e. The van der Waals surface area contributed by atoms with E-state index in [1.165, 1.54) is 0 Å². The van der Waals surface area contributed by atoms with Gasteiger partial charge < -0.3 is 9.67 Å². The van der Waals surface area contributed by atoms with E-state index in [4.69, 9.17) is 5.11 Å². The highest BCUT2D eigenvalue weighted by Crippen LogP contribution is 2.24. The number of fused-ring (bicyclic) bond motifs is 1. The van der Waals surface area contributed by atoms with E-state index in [0.29, 0.717) is 0 Å². The molecule has 0 aliphatic carbocycles. The standard InChI is InChI=1S/C16H14N2O2/c1-18-14-8-7-11(10-15(19)20)9-13(14)17-16(18)12-5-3-2-4-6-12/h2-9H,10H2,1H3,(H,19,20). The van der Waals surface area contributed by atoms with Gasteiger partial charge in [-0.1, -0.05) is 36.4 Å². The van der Waals surface area contributed by atoms with E-state index in [2.05, 4.69) is 4.98 Å². The molecule has 0 saturated heterocycles. The lowest BCUT2D eigenvalue weighted by molar-refractivity contribution is -0.136. The van der Waals surface area contributed by atoms with Crippen molar-refractivity contribution in [3.8, 4) is 11.4 Å². The fourth-order valence-electron chi connectivity index (χ4n) is 2.38. The van der Waals surface area contributed by atoms with E-state index in [0.717, 1.165) is 28.0 Å². The van der Waals surface area contributed by atoms with Gasteiger partial charge in [-0.2, -0.15) is 0 Å². The molecular weight excluding hydrogens is 252 g/mol. The minimum absolute atomic E-state index is 0.0210. The fraction of sp³-hybridized carbons (Fsp3) is 0.125. The van der Waals surface area contributed by atoms with Gasteiger partial charge in [0.25, 0.3) is 0 Å². The summed E-state index contributed by atoms with van der Waals surface area (Å²) < 4.78 is 2.02. The molecule has 4 heteroatoms. The van der Waals surface area contributed by atoms with Crippen LogP contribution in [-0.4, -0.2) is 20.6 Å². The third-order valence-corrected chi connectivity index (χ3v) is 3.33. The van der Waals surface area contributed by atoms with Gasteiger partial charge >= 0.3 is 5.97 Å². The lowest BCUT2D eigenvalue weighted by Crippen LogP contribution is -1.99. The lowest BCUT2D eigenvalue weighted by Gasteiger charge is -2.02. The molecule has 1 N–H and O–H groups in total. The fourth-order valence-corrected chi connectivity index (χ4v) is 2.38. The highest BCUT2D eigenvalue weighted by molar-refractivity contribution is 5.82. The van der Waals surface area contributed by atoms with Crippen LogP contribution in [0.2, 0.25) is 0 Å². The van der Waals surface area contributed by atoms with E-state index < -0.39 is 5.97 Å². The number of hydrogen-bond donors (Lipinski definition) is 1. The number of aryl methyl sites for hydroxylation is 1. The Bertz CT molecular complexity index is 776. The zero-order valence-corrected chi connectivity index (χ0v) is 11.1. The van der Waals surface area contributed by atoms with Crippen molar-refractivity contribution in [3.05, 3.63) is 54.1 Å². The number of rotatable bonds is 3. The van der Waals surface area contributed by atoms with Crippen molar-refractivity contribution >= 4 is 17.0 Å². The first kappa shape index (κ1) is 12.4. The van der Waals surface area contributed by atoms with Gasteiger partial charge in [0, 0.05) is 12.6 Å². The Morgan fingerprint density at radius 2 is 1.95 bits per heavy atom. The second-order valence-electron chi connectivity index (χ2n) is 4.75. The normalized spacial score (nSPS) is 10.8. The zero-order valence-electron chi connectivity index (χ0n) is 11.1. The molecule has 3 rings (SSSR count). The number of imidazole rings is 1. The van der Waals surface area contributed by atoms with Crippen LogP contribution in [0.3, 0.4) is 0 Å². The topological polar surface area (TPSA) is 55.1 Å². The predicted octanol–water partition coefficient (Wildman–Crippen LogP) is 2.87. The van der Waals surface area contributed by atoms with Crippen molar-refractivity contribution in [1.29, 1.82) is 0 Å². The molecule has 0 aliphatic heterocycles. The molecule has 0 fully saturated rings. The molecular formula is C16H14N2O2. The monoisotopic (exact) mass is 266 g/mol. The maximum Gasteiger partial charge on any atom is 0.307 e. The molecule has 0 bridgehead atoms. The van der Waals surface area contributed by atoms with Crippen LogP contribution in [-0.2, 0) is 18.3 Å². The summed E-state index contributed by atoms with van der Waals surface area (Å²) in [5.74, 6) is 0.0524. The maximum absolute atomic E-state index is 10.8. The summed E-state index contributed by atoms with van der Waals surface area (Å²) >= 11 is 0. The average Bonchev–Trinajstić information content (AvgIpc) is 2.76. The summed E-state index contributed by atoms with van der Waals surface area (Å²) in [6.07, 6.45) is 0.0210. The highest BCUT2D eigenvalue weighted by Gasteiger charge is 2.10. The van der Waals surface area contributed by atoms with Gasteiger partial charge in [-0.05, 0) is 17.7 Å². The molecule has 0 atom stereocenters. The number of aromatic nitrogens is 2. The van der Waals surface area contributed by atoms with E-state index in [-0.39, 0.29) is 6.42 Å². The molecule has 4 nitrogen and oxygen atoms in total. The molecule has 100 valence electrons. The number of carboxylic acids is 1. The second-order valence-corrected chi connectivity index (χ2v) is 4.75. The van der Waals surface area contributed by atoms with Gasteiger partial charge in [0.1, 0.15) is 5.82 Å². The zero-order chi connectivity index (χ0) is 14.1. The largest absolute Gasteiger partial charge is 0.481 e. The van der Waals surface area contributed by atoms with Crippen LogP contribution < -0.4 is 0 Å². The van der Waals surface area contributed by atoms with Crippen LogP contribution in [0.25, 0.3) is 22.4 Å². The lowest BCUT2D eigenvalue weighted by atomic mass is 10.1. The van der Waals surface area contributed by atoms with Crippen LogP contribution in [0.15, 0.2) is 48.5 Å².